The fourth-order valence-electron chi connectivity index (χ4n) is 3.68. The van der Waals surface area contributed by atoms with E-state index >= 15 is 0 Å². The maximum Gasteiger partial charge on any atom is 0.178 e. The molecule has 0 aromatic carbocycles. The van der Waals surface area contributed by atoms with Crippen LogP contribution in [0.1, 0.15) is 31.0 Å². The van der Waals surface area contributed by atoms with Crippen molar-refractivity contribution in [2.45, 2.75) is 37.8 Å². The maximum absolute atomic E-state index is 4.83. The SMILES string of the molecule is CN(CCn1ccnc1)C1CN(c2ccc3nnc(C4CCC4)n3n2)C1. The van der Waals surface area contributed by atoms with E-state index < -0.39 is 0 Å². The molecule has 8 heteroatoms. The highest BCUT2D eigenvalue weighted by atomic mass is 15.4. The number of hydrogen-bond acceptors (Lipinski definition) is 6. The van der Waals surface area contributed by atoms with E-state index in [1.54, 1.807) is 0 Å². The Morgan fingerprint density at radius 1 is 1.19 bits per heavy atom. The standard InChI is InChI=1S/C18H24N8/c1-23(9-10-24-8-7-19-13-24)15-11-25(12-15)17-6-5-16-20-21-18(26(16)22-17)14-3-2-4-14/h5-8,13-15H,2-4,9-12H2,1H3. The van der Waals surface area contributed by atoms with E-state index in [9.17, 15) is 0 Å². The summed E-state index contributed by atoms with van der Waals surface area (Å²) in [5.41, 5.74) is 0.852. The van der Waals surface area contributed by atoms with Gasteiger partial charge in [0.25, 0.3) is 0 Å². The molecule has 26 heavy (non-hydrogen) atoms. The van der Waals surface area contributed by atoms with Crippen LogP contribution in [-0.2, 0) is 6.54 Å². The summed E-state index contributed by atoms with van der Waals surface area (Å²) < 4.78 is 4.08. The Kier molecular flexibility index (Phi) is 3.85. The van der Waals surface area contributed by atoms with E-state index in [1.807, 2.05) is 29.3 Å². The molecule has 1 saturated heterocycles. The van der Waals surface area contributed by atoms with Gasteiger partial charge in [-0.2, -0.15) is 4.52 Å². The second-order valence-corrected chi connectivity index (χ2v) is 7.49. The molecule has 1 aliphatic carbocycles. The number of fused-ring (bicyclic) bond motifs is 1. The highest BCUT2D eigenvalue weighted by Crippen LogP contribution is 2.35. The first-order chi connectivity index (χ1) is 12.8. The van der Waals surface area contributed by atoms with E-state index in [-0.39, 0.29) is 0 Å². The first-order valence-corrected chi connectivity index (χ1v) is 9.41. The summed E-state index contributed by atoms with van der Waals surface area (Å²) in [6, 6.07) is 4.67. The molecule has 1 aliphatic heterocycles. The first kappa shape index (κ1) is 15.7. The van der Waals surface area contributed by atoms with Crippen molar-refractivity contribution >= 4 is 11.5 Å². The second-order valence-electron chi connectivity index (χ2n) is 7.49. The summed E-state index contributed by atoms with van der Waals surface area (Å²) in [5, 5.41) is 13.5. The van der Waals surface area contributed by atoms with E-state index in [2.05, 4.69) is 42.7 Å². The summed E-state index contributed by atoms with van der Waals surface area (Å²) in [7, 11) is 2.20. The van der Waals surface area contributed by atoms with Gasteiger partial charge >= 0.3 is 0 Å². The first-order valence-electron chi connectivity index (χ1n) is 9.41. The van der Waals surface area contributed by atoms with Crippen LogP contribution in [-0.4, -0.2) is 67.0 Å². The van der Waals surface area contributed by atoms with Gasteiger partial charge in [-0.1, -0.05) is 6.42 Å². The van der Waals surface area contributed by atoms with Gasteiger partial charge in [-0.3, -0.25) is 4.90 Å². The molecule has 0 unspecified atom stereocenters. The van der Waals surface area contributed by atoms with Gasteiger partial charge in [0.1, 0.15) is 5.82 Å². The molecule has 2 aliphatic rings. The molecular weight excluding hydrogens is 328 g/mol. The minimum Gasteiger partial charge on any atom is -0.352 e. The summed E-state index contributed by atoms with van der Waals surface area (Å²) in [6.07, 6.45) is 9.42. The minimum absolute atomic E-state index is 0.534. The quantitative estimate of drug-likeness (QED) is 0.668. The molecule has 8 nitrogen and oxygen atoms in total. The smallest absolute Gasteiger partial charge is 0.178 e. The number of anilines is 1. The number of aromatic nitrogens is 6. The van der Waals surface area contributed by atoms with Gasteiger partial charge in [0, 0.05) is 50.5 Å². The van der Waals surface area contributed by atoms with Crippen LogP contribution in [0.4, 0.5) is 5.82 Å². The van der Waals surface area contributed by atoms with Gasteiger partial charge in [0.2, 0.25) is 0 Å². The summed E-state index contributed by atoms with van der Waals surface area (Å²) in [4.78, 5) is 8.86. The Labute approximate surface area is 152 Å². The third kappa shape index (κ3) is 2.74. The molecule has 0 N–H and O–H groups in total. The highest BCUT2D eigenvalue weighted by Gasteiger charge is 2.31. The fraction of sp³-hybridized carbons (Fsp3) is 0.556. The lowest BCUT2D eigenvalue weighted by molar-refractivity contribution is 0.197. The van der Waals surface area contributed by atoms with Gasteiger partial charge in [-0.05, 0) is 32.0 Å². The zero-order valence-electron chi connectivity index (χ0n) is 15.1. The van der Waals surface area contributed by atoms with Crippen molar-refractivity contribution in [2.75, 3.05) is 31.6 Å². The normalized spacial score (nSPS) is 18.5. The van der Waals surface area contributed by atoms with Crippen LogP contribution in [0.15, 0.2) is 30.9 Å². The van der Waals surface area contributed by atoms with Crippen molar-refractivity contribution in [3.8, 4) is 0 Å². The van der Waals surface area contributed by atoms with Crippen LogP contribution in [0.25, 0.3) is 5.65 Å². The molecule has 0 atom stereocenters. The second kappa shape index (κ2) is 6.35. The summed E-state index contributed by atoms with van der Waals surface area (Å²) in [6.45, 7) is 4.03. The lowest BCUT2D eigenvalue weighted by Gasteiger charge is -2.44. The molecule has 0 spiro atoms. The predicted molar refractivity (Wildman–Crippen MR) is 98.2 cm³/mol. The molecule has 1 saturated carbocycles. The van der Waals surface area contributed by atoms with Crippen molar-refractivity contribution < 1.29 is 0 Å². The largest absolute Gasteiger partial charge is 0.352 e. The van der Waals surface area contributed by atoms with Crippen molar-refractivity contribution in [1.82, 2.24) is 34.3 Å². The van der Waals surface area contributed by atoms with Crippen LogP contribution in [0.3, 0.4) is 0 Å². The Hall–Kier alpha value is -2.48. The lowest BCUT2D eigenvalue weighted by atomic mass is 9.85. The zero-order chi connectivity index (χ0) is 17.5. The Bertz CT molecular complexity index is 876. The number of likely N-dealkylation sites (N-methyl/N-ethyl adjacent to an activating group) is 1. The van der Waals surface area contributed by atoms with Crippen LogP contribution in [0.5, 0.6) is 0 Å². The van der Waals surface area contributed by atoms with Gasteiger partial charge < -0.3 is 9.47 Å². The number of hydrogen-bond donors (Lipinski definition) is 0. The Balaban J connectivity index is 1.22. The molecular formula is C18H24N8. The van der Waals surface area contributed by atoms with Gasteiger partial charge in [-0.15, -0.1) is 15.3 Å². The Morgan fingerprint density at radius 2 is 2.08 bits per heavy atom. The number of rotatable bonds is 6. The van der Waals surface area contributed by atoms with E-state index in [0.717, 1.165) is 43.5 Å². The average molecular weight is 352 g/mol. The molecule has 0 amide bonds. The fourth-order valence-corrected chi connectivity index (χ4v) is 3.68. The van der Waals surface area contributed by atoms with Crippen molar-refractivity contribution in [3.63, 3.8) is 0 Å². The number of nitrogens with zero attached hydrogens (tertiary/aromatic N) is 8. The van der Waals surface area contributed by atoms with Crippen molar-refractivity contribution in [1.29, 1.82) is 0 Å². The molecule has 0 bridgehead atoms. The monoisotopic (exact) mass is 352 g/mol. The zero-order valence-corrected chi connectivity index (χ0v) is 15.1. The van der Waals surface area contributed by atoms with E-state index in [0.29, 0.717) is 12.0 Å². The highest BCUT2D eigenvalue weighted by molar-refractivity contribution is 5.48. The van der Waals surface area contributed by atoms with Crippen molar-refractivity contribution in [3.05, 3.63) is 36.7 Å². The minimum atomic E-state index is 0.534. The third-order valence-electron chi connectivity index (χ3n) is 5.82. The van der Waals surface area contributed by atoms with Crippen LogP contribution >= 0.6 is 0 Å². The van der Waals surface area contributed by atoms with E-state index in [1.165, 1.54) is 19.3 Å². The molecule has 3 aromatic heterocycles. The molecule has 0 radical (unpaired) electrons. The third-order valence-corrected chi connectivity index (χ3v) is 5.82. The van der Waals surface area contributed by atoms with Crippen LogP contribution in [0.2, 0.25) is 0 Å². The topological polar surface area (TPSA) is 67.4 Å². The molecule has 5 rings (SSSR count). The van der Waals surface area contributed by atoms with Gasteiger partial charge in [-0.25, -0.2) is 4.98 Å². The summed E-state index contributed by atoms with van der Waals surface area (Å²) >= 11 is 0. The summed E-state index contributed by atoms with van der Waals surface area (Å²) in [5.74, 6) is 2.59. The number of imidazole rings is 1. The Morgan fingerprint density at radius 3 is 2.81 bits per heavy atom. The van der Waals surface area contributed by atoms with Gasteiger partial charge in [0.05, 0.1) is 6.33 Å². The predicted octanol–water partition coefficient (Wildman–Crippen LogP) is 1.41. The maximum atomic E-state index is 4.83. The molecule has 136 valence electrons. The van der Waals surface area contributed by atoms with E-state index in [4.69, 9.17) is 5.10 Å². The molecule has 3 aromatic rings. The molecule has 4 heterocycles. The van der Waals surface area contributed by atoms with Crippen molar-refractivity contribution in [2.24, 2.45) is 0 Å². The van der Waals surface area contributed by atoms with Gasteiger partial charge in [0.15, 0.2) is 11.5 Å². The molecule has 2 fully saturated rings. The average Bonchev–Trinajstić information content (AvgIpc) is 3.20. The lowest BCUT2D eigenvalue weighted by Crippen LogP contribution is -2.59. The van der Waals surface area contributed by atoms with Crippen LogP contribution < -0.4 is 4.90 Å². The van der Waals surface area contributed by atoms with Crippen LogP contribution in [0, 0.1) is 0 Å².